The van der Waals surface area contributed by atoms with Crippen LogP contribution in [0.3, 0.4) is 0 Å². The van der Waals surface area contributed by atoms with Crippen molar-refractivity contribution in [2.75, 3.05) is 13.7 Å². The molecule has 4 nitrogen and oxygen atoms in total. The number of methoxy groups -OCH3 is 1. The van der Waals surface area contributed by atoms with Crippen molar-refractivity contribution in [1.29, 1.82) is 0 Å². The van der Waals surface area contributed by atoms with E-state index in [0.717, 1.165) is 35.9 Å². The highest BCUT2D eigenvalue weighted by molar-refractivity contribution is 8.18. The second-order valence-electron chi connectivity index (χ2n) is 6.07. The zero-order valence-electron chi connectivity index (χ0n) is 13.3. The smallest absolute Gasteiger partial charge is 0.293 e. The summed E-state index contributed by atoms with van der Waals surface area (Å²) in [4.78, 5) is 26.6. The normalized spacial score (nSPS) is 21.3. The summed E-state index contributed by atoms with van der Waals surface area (Å²) >= 11 is 1.04. The lowest BCUT2D eigenvalue weighted by Crippen LogP contribution is -2.34. The third kappa shape index (κ3) is 3.78. The Morgan fingerprint density at radius 2 is 1.87 bits per heavy atom. The van der Waals surface area contributed by atoms with Gasteiger partial charge in [-0.15, -0.1) is 0 Å². The second-order valence-corrected chi connectivity index (χ2v) is 7.06. The fraction of sp³-hybridized carbons (Fsp3) is 0.444. The molecule has 1 aliphatic carbocycles. The number of imide groups is 1. The molecule has 2 fully saturated rings. The summed E-state index contributed by atoms with van der Waals surface area (Å²) in [5, 5.41) is -0.139. The van der Waals surface area contributed by atoms with E-state index in [9.17, 15) is 9.59 Å². The predicted molar refractivity (Wildman–Crippen MR) is 92.2 cm³/mol. The number of amides is 2. The average Bonchev–Trinajstić information content (AvgIpc) is 2.84. The first kappa shape index (κ1) is 16.1. The minimum Gasteiger partial charge on any atom is -0.497 e. The topological polar surface area (TPSA) is 46.6 Å². The molecule has 0 bridgehead atoms. The van der Waals surface area contributed by atoms with Crippen LogP contribution in [0.5, 0.6) is 5.75 Å². The van der Waals surface area contributed by atoms with E-state index in [4.69, 9.17) is 4.74 Å². The van der Waals surface area contributed by atoms with Gasteiger partial charge in [0.15, 0.2) is 0 Å². The van der Waals surface area contributed by atoms with Gasteiger partial charge in [-0.1, -0.05) is 31.4 Å². The van der Waals surface area contributed by atoms with E-state index in [-0.39, 0.29) is 11.1 Å². The molecule has 0 atom stereocenters. The molecule has 23 heavy (non-hydrogen) atoms. The zero-order valence-corrected chi connectivity index (χ0v) is 14.1. The number of rotatable bonds is 4. The molecule has 0 unspecified atom stereocenters. The molecule has 0 N–H and O–H groups in total. The minimum atomic E-state index is -0.151. The summed E-state index contributed by atoms with van der Waals surface area (Å²) in [7, 11) is 1.62. The van der Waals surface area contributed by atoms with E-state index in [1.165, 1.54) is 24.2 Å². The van der Waals surface area contributed by atoms with Crippen LogP contribution in [0.15, 0.2) is 29.2 Å². The van der Waals surface area contributed by atoms with E-state index in [2.05, 4.69) is 0 Å². The van der Waals surface area contributed by atoms with Crippen LogP contribution in [0, 0.1) is 5.92 Å². The number of hydrogen-bond donors (Lipinski definition) is 0. The van der Waals surface area contributed by atoms with E-state index < -0.39 is 0 Å². The van der Waals surface area contributed by atoms with Gasteiger partial charge in [-0.05, 0) is 54.3 Å². The number of carbonyl (C=O) groups is 2. The Morgan fingerprint density at radius 3 is 2.52 bits per heavy atom. The van der Waals surface area contributed by atoms with Crippen LogP contribution in [0.1, 0.15) is 37.7 Å². The van der Waals surface area contributed by atoms with Crippen LogP contribution < -0.4 is 4.74 Å². The number of hydrogen-bond acceptors (Lipinski definition) is 4. The summed E-state index contributed by atoms with van der Waals surface area (Å²) in [6.07, 6.45) is 7.73. The highest BCUT2D eigenvalue weighted by atomic mass is 32.2. The molecular weight excluding hydrogens is 310 g/mol. The molecule has 1 aliphatic heterocycles. The average molecular weight is 331 g/mol. The molecule has 3 rings (SSSR count). The van der Waals surface area contributed by atoms with Gasteiger partial charge in [0.1, 0.15) is 5.75 Å². The molecule has 0 spiro atoms. The molecule has 2 amide bonds. The van der Waals surface area contributed by atoms with E-state index in [1.807, 2.05) is 24.3 Å². The van der Waals surface area contributed by atoms with Gasteiger partial charge in [0.25, 0.3) is 11.1 Å². The van der Waals surface area contributed by atoms with Crippen LogP contribution in [0.25, 0.3) is 6.08 Å². The number of carbonyl (C=O) groups excluding carboxylic acids is 2. The summed E-state index contributed by atoms with van der Waals surface area (Å²) < 4.78 is 5.12. The van der Waals surface area contributed by atoms with Crippen molar-refractivity contribution in [2.45, 2.75) is 32.1 Å². The Hall–Kier alpha value is -1.75. The minimum absolute atomic E-state index is 0.139. The van der Waals surface area contributed by atoms with Gasteiger partial charge in [-0.3, -0.25) is 14.5 Å². The largest absolute Gasteiger partial charge is 0.497 e. The maximum absolute atomic E-state index is 12.5. The van der Waals surface area contributed by atoms with Gasteiger partial charge >= 0.3 is 0 Å². The Bertz CT molecular complexity index is 618. The second kappa shape index (κ2) is 7.21. The van der Waals surface area contributed by atoms with Crippen LogP contribution in [-0.4, -0.2) is 29.7 Å². The molecule has 1 saturated heterocycles. The molecular formula is C18H21NO3S. The lowest BCUT2D eigenvalue weighted by atomic mass is 9.89. The maximum atomic E-state index is 12.5. The Balaban J connectivity index is 1.70. The number of nitrogens with zero attached hydrogens (tertiary/aromatic N) is 1. The molecule has 1 saturated carbocycles. The summed E-state index contributed by atoms with van der Waals surface area (Å²) in [5.74, 6) is 1.09. The Kier molecular flexibility index (Phi) is 5.06. The quantitative estimate of drug-likeness (QED) is 0.771. The molecule has 0 aromatic heterocycles. The van der Waals surface area contributed by atoms with E-state index in [0.29, 0.717) is 17.4 Å². The molecule has 2 aliphatic rings. The van der Waals surface area contributed by atoms with Crippen LogP contribution >= 0.6 is 11.8 Å². The molecule has 1 aromatic rings. The van der Waals surface area contributed by atoms with Crippen molar-refractivity contribution >= 4 is 29.0 Å². The predicted octanol–water partition coefficient (Wildman–Crippen LogP) is 4.31. The lowest BCUT2D eigenvalue weighted by Gasteiger charge is -2.25. The van der Waals surface area contributed by atoms with Crippen LogP contribution in [-0.2, 0) is 4.79 Å². The number of thioether (sulfide) groups is 1. The van der Waals surface area contributed by atoms with Crippen molar-refractivity contribution in [3.8, 4) is 5.75 Å². The third-order valence-corrected chi connectivity index (χ3v) is 5.36. The summed E-state index contributed by atoms with van der Waals surface area (Å²) in [6.45, 7) is 0.574. The lowest BCUT2D eigenvalue weighted by molar-refractivity contribution is -0.123. The molecule has 5 heteroatoms. The van der Waals surface area contributed by atoms with Crippen molar-refractivity contribution in [1.82, 2.24) is 4.90 Å². The van der Waals surface area contributed by atoms with Crippen molar-refractivity contribution < 1.29 is 14.3 Å². The number of benzene rings is 1. The third-order valence-electron chi connectivity index (χ3n) is 4.45. The van der Waals surface area contributed by atoms with Gasteiger partial charge in [-0.2, -0.15) is 0 Å². The van der Waals surface area contributed by atoms with Gasteiger partial charge < -0.3 is 4.74 Å². The molecule has 1 heterocycles. The maximum Gasteiger partial charge on any atom is 0.293 e. The first-order chi connectivity index (χ1) is 11.2. The van der Waals surface area contributed by atoms with Crippen LogP contribution in [0.4, 0.5) is 4.79 Å². The van der Waals surface area contributed by atoms with Gasteiger partial charge in [-0.25, -0.2) is 0 Å². The van der Waals surface area contributed by atoms with Crippen molar-refractivity contribution in [2.24, 2.45) is 5.92 Å². The first-order valence-electron chi connectivity index (χ1n) is 8.07. The fourth-order valence-corrected chi connectivity index (χ4v) is 3.99. The standard InChI is InChI=1S/C18H21NO3S/c1-22-15-9-7-13(8-10-15)11-16-17(20)19(18(21)23-16)12-14-5-3-2-4-6-14/h7-11,14H,2-6,12H2,1H3/b16-11+. The van der Waals surface area contributed by atoms with E-state index in [1.54, 1.807) is 13.2 Å². The van der Waals surface area contributed by atoms with Gasteiger partial charge in [0.2, 0.25) is 0 Å². The monoisotopic (exact) mass is 331 g/mol. The Morgan fingerprint density at radius 1 is 1.17 bits per heavy atom. The number of ether oxygens (including phenoxy) is 1. The van der Waals surface area contributed by atoms with Crippen molar-refractivity contribution in [3.63, 3.8) is 0 Å². The molecule has 1 aromatic carbocycles. The summed E-state index contributed by atoms with van der Waals surface area (Å²) in [6, 6.07) is 7.46. The highest BCUT2D eigenvalue weighted by Crippen LogP contribution is 2.34. The van der Waals surface area contributed by atoms with E-state index >= 15 is 0 Å². The van der Waals surface area contributed by atoms with Crippen molar-refractivity contribution in [3.05, 3.63) is 34.7 Å². The molecule has 0 radical (unpaired) electrons. The van der Waals surface area contributed by atoms with Gasteiger partial charge in [0, 0.05) is 6.54 Å². The summed E-state index contributed by atoms with van der Waals surface area (Å²) in [5.41, 5.74) is 0.897. The fourth-order valence-electron chi connectivity index (χ4n) is 3.14. The Labute approximate surface area is 140 Å². The zero-order chi connectivity index (χ0) is 16.2. The van der Waals surface area contributed by atoms with Crippen LogP contribution in [0.2, 0.25) is 0 Å². The molecule has 122 valence electrons. The first-order valence-corrected chi connectivity index (χ1v) is 8.88. The highest BCUT2D eigenvalue weighted by Gasteiger charge is 2.36. The SMILES string of the molecule is COc1ccc(/C=C2/SC(=O)N(CC3CCCCC3)C2=O)cc1. The van der Waals surface area contributed by atoms with Gasteiger partial charge in [0.05, 0.1) is 12.0 Å².